The van der Waals surface area contributed by atoms with Crippen LogP contribution in [0.25, 0.3) is 5.52 Å². The Kier molecular flexibility index (Phi) is 2.78. The van der Waals surface area contributed by atoms with E-state index in [1.807, 2.05) is 41.4 Å². The summed E-state index contributed by atoms with van der Waals surface area (Å²) in [6.07, 6.45) is 3.06. The number of fused-ring (bicyclic) bond motifs is 1. The monoisotopic (exact) mass is 262 g/mol. The summed E-state index contributed by atoms with van der Waals surface area (Å²) >= 11 is 1.91. The Balaban J connectivity index is 2.23. The molecule has 0 amide bonds. The Bertz CT molecular complexity index is 615. The standard InChI is InChI=1S/C13H14N2O2S/c1-8-2-3-10-11(13(16)17)14-12(15(10)6-8)9-4-5-18-7-9/h2-3,6,9H,4-5,7H2,1H3,(H,16,17). The lowest BCUT2D eigenvalue weighted by Crippen LogP contribution is -2.03. The number of pyridine rings is 1. The number of carboxylic acid groups (broad SMARTS) is 1. The molecular weight excluding hydrogens is 248 g/mol. The number of carboxylic acids is 1. The fourth-order valence-corrected chi connectivity index (χ4v) is 3.62. The van der Waals surface area contributed by atoms with E-state index in [-0.39, 0.29) is 5.69 Å². The summed E-state index contributed by atoms with van der Waals surface area (Å²) in [4.78, 5) is 15.6. The minimum absolute atomic E-state index is 0.168. The van der Waals surface area contributed by atoms with Crippen molar-refractivity contribution in [3.8, 4) is 0 Å². The third-order valence-electron chi connectivity index (χ3n) is 3.31. The number of thioether (sulfide) groups is 1. The molecule has 1 fully saturated rings. The molecule has 1 unspecified atom stereocenters. The summed E-state index contributed by atoms with van der Waals surface area (Å²) in [6, 6.07) is 3.77. The summed E-state index contributed by atoms with van der Waals surface area (Å²) in [5, 5.41) is 9.23. The van der Waals surface area contributed by atoms with Crippen LogP contribution in [0, 0.1) is 6.92 Å². The Labute approximate surface area is 109 Å². The van der Waals surface area contributed by atoms with Crippen LogP contribution < -0.4 is 0 Å². The predicted octanol–water partition coefficient (Wildman–Crippen LogP) is 2.56. The number of aryl methyl sites for hydroxylation is 1. The highest BCUT2D eigenvalue weighted by Crippen LogP contribution is 2.33. The smallest absolute Gasteiger partial charge is 0.356 e. The molecule has 0 spiro atoms. The molecule has 18 heavy (non-hydrogen) atoms. The zero-order valence-electron chi connectivity index (χ0n) is 10.1. The molecule has 0 aliphatic carbocycles. The van der Waals surface area contributed by atoms with Crippen molar-refractivity contribution >= 4 is 23.2 Å². The van der Waals surface area contributed by atoms with Crippen LogP contribution in [0.2, 0.25) is 0 Å². The molecule has 0 saturated carbocycles. The van der Waals surface area contributed by atoms with E-state index in [1.54, 1.807) is 0 Å². The number of carbonyl (C=O) groups is 1. The van der Waals surface area contributed by atoms with E-state index >= 15 is 0 Å². The number of hydrogen-bond donors (Lipinski definition) is 1. The molecule has 0 aromatic carbocycles. The Morgan fingerprint density at radius 2 is 2.39 bits per heavy atom. The van der Waals surface area contributed by atoms with Crippen LogP contribution in [0.4, 0.5) is 0 Å². The van der Waals surface area contributed by atoms with E-state index in [0.717, 1.165) is 29.3 Å². The highest BCUT2D eigenvalue weighted by Gasteiger charge is 2.25. The second-order valence-electron chi connectivity index (χ2n) is 4.65. The van der Waals surface area contributed by atoms with Gasteiger partial charge in [0.05, 0.1) is 5.52 Å². The van der Waals surface area contributed by atoms with Crippen LogP contribution in [-0.2, 0) is 0 Å². The predicted molar refractivity (Wildman–Crippen MR) is 71.6 cm³/mol. The van der Waals surface area contributed by atoms with Crippen molar-refractivity contribution in [2.45, 2.75) is 19.3 Å². The van der Waals surface area contributed by atoms with Crippen molar-refractivity contribution in [1.29, 1.82) is 0 Å². The summed E-state index contributed by atoms with van der Waals surface area (Å²) in [7, 11) is 0. The molecule has 2 aromatic rings. The van der Waals surface area contributed by atoms with E-state index in [2.05, 4.69) is 4.98 Å². The lowest BCUT2D eigenvalue weighted by molar-refractivity contribution is 0.0693. The summed E-state index contributed by atoms with van der Waals surface area (Å²) < 4.78 is 1.95. The van der Waals surface area contributed by atoms with Crippen LogP contribution in [0.1, 0.15) is 34.2 Å². The molecule has 1 N–H and O–H groups in total. The molecule has 1 saturated heterocycles. The highest BCUT2D eigenvalue weighted by molar-refractivity contribution is 7.99. The van der Waals surface area contributed by atoms with Gasteiger partial charge >= 0.3 is 5.97 Å². The van der Waals surface area contributed by atoms with Gasteiger partial charge in [-0.25, -0.2) is 9.78 Å². The zero-order chi connectivity index (χ0) is 12.7. The first-order valence-corrected chi connectivity index (χ1v) is 7.12. The van der Waals surface area contributed by atoms with Gasteiger partial charge in [0, 0.05) is 17.9 Å². The van der Waals surface area contributed by atoms with Gasteiger partial charge in [-0.05, 0) is 30.7 Å². The van der Waals surface area contributed by atoms with Gasteiger partial charge in [-0.3, -0.25) is 0 Å². The van der Waals surface area contributed by atoms with Gasteiger partial charge in [0.25, 0.3) is 0 Å². The van der Waals surface area contributed by atoms with Gasteiger partial charge in [0.2, 0.25) is 0 Å². The van der Waals surface area contributed by atoms with Crippen LogP contribution in [0.15, 0.2) is 18.3 Å². The molecule has 3 rings (SSSR count). The molecule has 4 nitrogen and oxygen atoms in total. The highest BCUT2D eigenvalue weighted by atomic mass is 32.2. The van der Waals surface area contributed by atoms with Gasteiger partial charge < -0.3 is 9.51 Å². The molecule has 1 aliphatic heterocycles. The van der Waals surface area contributed by atoms with Crippen molar-refractivity contribution in [3.05, 3.63) is 35.4 Å². The lowest BCUT2D eigenvalue weighted by atomic mass is 10.1. The van der Waals surface area contributed by atoms with Crippen molar-refractivity contribution in [2.24, 2.45) is 0 Å². The van der Waals surface area contributed by atoms with Crippen LogP contribution in [0.3, 0.4) is 0 Å². The van der Waals surface area contributed by atoms with E-state index in [0.29, 0.717) is 11.4 Å². The van der Waals surface area contributed by atoms with Gasteiger partial charge in [-0.15, -0.1) is 0 Å². The SMILES string of the molecule is Cc1ccc2c(C(=O)O)nc(C3CCSC3)n2c1. The number of rotatable bonds is 2. The van der Waals surface area contributed by atoms with Gasteiger partial charge in [-0.1, -0.05) is 6.07 Å². The molecule has 1 aliphatic rings. The lowest BCUT2D eigenvalue weighted by Gasteiger charge is -2.07. The maximum absolute atomic E-state index is 11.2. The first-order valence-electron chi connectivity index (χ1n) is 5.96. The maximum atomic E-state index is 11.2. The molecule has 2 aromatic heterocycles. The third kappa shape index (κ3) is 1.79. The van der Waals surface area contributed by atoms with Crippen LogP contribution in [0.5, 0.6) is 0 Å². The Hall–Kier alpha value is -1.49. The van der Waals surface area contributed by atoms with E-state index in [1.165, 1.54) is 0 Å². The maximum Gasteiger partial charge on any atom is 0.356 e. The summed E-state index contributed by atoms with van der Waals surface area (Å²) in [5.41, 5.74) is 1.98. The molecule has 1 atom stereocenters. The average Bonchev–Trinajstić information content (AvgIpc) is 2.93. The Morgan fingerprint density at radius 1 is 1.56 bits per heavy atom. The van der Waals surface area contributed by atoms with Gasteiger partial charge in [0.15, 0.2) is 5.69 Å². The molecule has 94 valence electrons. The van der Waals surface area contributed by atoms with E-state index < -0.39 is 5.97 Å². The molecule has 0 radical (unpaired) electrons. The molecule has 5 heteroatoms. The molecular formula is C13H14N2O2S. The minimum atomic E-state index is -0.951. The van der Waals surface area contributed by atoms with Crippen molar-refractivity contribution in [3.63, 3.8) is 0 Å². The number of aromatic nitrogens is 2. The largest absolute Gasteiger partial charge is 0.476 e. The topological polar surface area (TPSA) is 54.6 Å². The summed E-state index contributed by atoms with van der Waals surface area (Å²) in [5.74, 6) is 2.49. The zero-order valence-corrected chi connectivity index (χ0v) is 10.9. The first kappa shape index (κ1) is 11.6. The fraction of sp³-hybridized carbons (Fsp3) is 0.385. The number of hydrogen-bond acceptors (Lipinski definition) is 3. The fourth-order valence-electron chi connectivity index (χ4n) is 2.40. The van der Waals surface area contributed by atoms with Gasteiger partial charge in [-0.2, -0.15) is 11.8 Å². The number of nitrogens with zero attached hydrogens (tertiary/aromatic N) is 2. The van der Waals surface area contributed by atoms with Crippen LogP contribution >= 0.6 is 11.8 Å². The minimum Gasteiger partial charge on any atom is -0.476 e. The normalized spacial score (nSPS) is 19.5. The first-order chi connectivity index (χ1) is 8.66. The quantitative estimate of drug-likeness (QED) is 0.903. The van der Waals surface area contributed by atoms with Crippen LogP contribution in [-0.4, -0.2) is 32.0 Å². The second kappa shape index (κ2) is 4.31. The number of imidazole rings is 1. The second-order valence-corrected chi connectivity index (χ2v) is 5.80. The van der Waals surface area contributed by atoms with Crippen molar-refractivity contribution < 1.29 is 9.90 Å². The van der Waals surface area contributed by atoms with Crippen molar-refractivity contribution in [1.82, 2.24) is 9.38 Å². The van der Waals surface area contributed by atoms with E-state index in [9.17, 15) is 9.90 Å². The third-order valence-corrected chi connectivity index (χ3v) is 4.47. The molecule has 3 heterocycles. The average molecular weight is 262 g/mol. The molecule has 0 bridgehead atoms. The number of aromatic carboxylic acids is 1. The van der Waals surface area contributed by atoms with Crippen molar-refractivity contribution in [2.75, 3.05) is 11.5 Å². The van der Waals surface area contributed by atoms with E-state index in [4.69, 9.17) is 0 Å². The summed E-state index contributed by atoms with van der Waals surface area (Å²) in [6.45, 7) is 2.01. The van der Waals surface area contributed by atoms with Gasteiger partial charge in [0.1, 0.15) is 5.82 Å². The Morgan fingerprint density at radius 3 is 3.06 bits per heavy atom.